The summed E-state index contributed by atoms with van der Waals surface area (Å²) in [5.74, 6) is -1.07. The van der Waals surface area contributed by atoms with Crippen LogP contribution in [0.1, 0.15) is 44.7 Å². The average molecular weight is 292 g/mol. The molecule has 4 nitrogen and oxygen atoms in total. The van der Waals surface area contributed by atoms with Gasteiger partial charge >= 0.3 is 11.9 Å². The quantitative estimate of drug-likeness (QED) is 0.572. The summed E-state index contributed by atoms with van der Waals surface area (Å²) >= 11 is 0. The van der Waals surface area contributed by atoms with Crippen LogP contribution in [0.25, 0.3) is 0 Å². The number of hydrogen-bond acceptors (Lipinski definition) is 4. The Kier molecular flexibility index (Phi) is 6.40. The molecule has 0 saturated heterocycles. The Hall–Kier alpha value is -1.84. The van der Waals surface area contributed by atoms with E-state index in [0.29, 0.717) is 18.4 Å². The van der Waals surface area contributed by atoms with Crippen LogP contribution in [0.5, 0.6) is 0 Å². The Morgan fingerprint density at radius 2 is 1.43 bits per heavy atom. The van der Waals surface area contributed by atoms with Gasteiger partial charge in [-0.15, -0.1) is 0 Å². The Bertz CT molecular complexity index is 458. The largest absolute Gasteiger partial charge is 0.465 e. The van der Waals surface area contributed by atoms with Gasteiger partial charge in [0.1, 0.15) is 0 Å². The Labute approximate surface area is 126 Å². The minimum absolute atomic E-state index is 0.232. The summed E-state index contributed by atoms with van der Waals surface area (Å²) in [6.45, 7) is 7.82. The van der Waals surface area contributed by atoms with Gasteiger partial charge in [-0.1, -0.05) is 43.2 Å². The maximum atomic E-state index is 12.5. The minimum Gasteiger partial charge on any atom is -0.465 e. The second kappa shape index (κ2) is 7.81. The molecule has 4 heteroatoms. The molecule has 1 aromatic carbocycles. The zero-order valence-electron chi connectivity index (χ0n) is 13.3. The fraction of sp³-hybridized carbons (Fsp3) is 0.529. The monoisotopic (exact) mass is 292 g/mol. The third kappa shape index (κ3) is 3.63. The molecule has 0 aliphatic heterocycles. The van der Waals surface area contributed by atoms with Crippen molar-refractivity contribution in [3.63, 3.8) is 0 Å². The Morgan fingerprint density at radius 3 is 1.81 bits per heavy atom. The molecule has 0 unspecified atom stereocenters. The lowest BCUT2D eigenvalue weighted by Gasteiger charge is -2.29. The molecule has 0 amide bonds. The highest BCUT2D eigenvalue weighted by Crippen LogP contribution is 2.33. The summed E-state index contributed by atoms with van der Waals surface area (Å²) in [5.41, 5.74) is 0.331. The lowest BCUT2D eigenvalue weighted by atomic mass is 9.76. The second-order valence-corrected chi connectivity index (χ2v) is 4.96. The highest BCUT2D eigenvalue weighted by molar-refractivity contribution is 6.06. The van der Waals surface area contributed by atoms with Gasteiger partial charge in [-0.3, -0.25) is 9.59 Å². The average Bonchev–Trinajstić information content (AvgIpc) is 2.46. The molecule has 0 heterocycles. The van der Waals surface area contributed by atoms with E-state index >= 15 is 0 Å². The summed E-state index contributed by atoms with van der Waals surface area (Å²) in [7, 11) is 0. The first-order chi connectivity index (χ1) is 10.0. The predicted octanol–water partition coefficient (Wildman–Crippen LogP) is 3.16. The SMILES string of the molecule is CCCC(C(=O)OCC)(C(=O)OCC)c1ccc(C)cc1. The normalized spacial score (nSPS) is 11.0. The number of esters is 2. The maximum Gasteiger partial charge on any atom is 0.328 e. The van der Waals surface area contributed by atoms with E-state index in [1.807, 2.05) is 26.0 Å². The first-order valence-corrected chi connectivity index (χ1v) is 7.44. The topological polar surface area (TPSA) is 52.6 Å². The summed E-state index contributed by atoms with van der Waals surface area (Å²) < 4.78 is 10.3. The van der Waals surface area contributed by atoms with E-state index in [4.69, 9.17) is 9.47 Å². The van der Waals surface area contributed by atoms with E-state index in [0.717, 1.165) is 5.56 Å². The van der Waals surface area contributed by atoms with E-state index < -0.39 is 17.4 Å². The van der Waals surface area contributed by atoms with Crippen molar-refractivity contribution in [2.24, 2.45) is 0 Å². The molecule has 0 aliphatic carbocycles. The molecular formula is C17H24O4. The van der Waals surface area contributed by atoms with Gasteiger partial charge in [0.25, 0.3) is 0 Å². The fourth-order valence-corrected chi connectivity index (χ4v) is 2.39. The van der Waals surface area contributed by atoms with Crippen molar-refractivity contribution in [2.45, 2.75) is 46.0 Å². The first-order valence-electron chi connectivity index (χ1n) is 7.44. The van der Waals surface area contributed by atoms with Crippen molar-refractivity contribution in [3.8, 4) is 0 Å². The number of rotatable bonds is 7. The molecule has 1 rings (SSSR count). The number of aryl methyl sites for hydroxylation is 1. The Morgan fingerprint density at radius 1 is 0.952 bits per heavy atom. The summed E-state index contributed by atoms with van der Waals surface area (Å²) in [4.78, 5) is 25.1. The van der Waals surface area contributed by atoms with Gasteiger partial charge in [-0.2, -0.15) is 0 Å². The van der Waals surface area contributed by atoms with E-state index in [-0.39, 0.29) is 13.2 Å². The molecule has 0 saturated carbocycles. The van der Waals surface area contributed by atoms with Crippen molar-refractivity contribution >= 4 is 11.9 Å². The van der Waals surface area contributed by atoms with Crippen molar-refractivity contribution in [1.82, 2.24) is 0 Å². The van der Waals surface area contributed by atoms with Crippen LogP contribution in [0.3, 0.4) is 0 Å². The van der Waals surface area contributed by atoms with Crippen LogP contribution in [0.4, 0.5) is 0 Å². The molecule has 0 spiro atoms. The zero-order valence-corrected chi connectivity index (χ0v) is 13.3. The molecule has 1 aromatic rings. The number of hydrogen-bond donors (Lipinski definition) is 0. The van der Waals surface area contributed by atoms with E-state index in [1.165, 1.54) is 0 Å². The van der Waals surface area contributed by atoms with Crippen LogP contribution in [0.2, 0.25) is 0 Å². The van der Waals surface area contributed by atoms with E-state index in [9.17, 15) is 9.59 Å². The number of carbonyl (C=O) groups is 2. The molecule has 21 heavy (non-hydrogen) atoms. The van der Waals surface area contributed by atoms with Crippen molar-refractivity contribution in [2.75, 3.05) is 13.2 Å². The first kappa shape index (κ1) is 17.2. The van der Waals surface area contributed by atoms with Gasteiger partial charge in [-0.25, -0.2) is 0 Å². The van der Waals surface area contributed by atoms with Crippen LogP contribution in [-0.4, -0.2) is 25.2 Å². The molecule has 0 radical (unpaired) electrons. The molecule has 116 valence electrons. The molecule has 0 atom stereocenters. The van der Waals surface area contributed by atoms with Gasteiger partial charge in [0.15, 0.2) is 5.41 Å². The third-order valence-electron chi connectivity index (χ3n) is 3.42. The van der Waals surface area contributed by atoms with E-state index in [1.54, 1.807) is 26.0 Å². The molecule has 0 N–H and O–H groups in total. The van der Waals surface area contributed by atoms with Crippen LogP contribution in [-0.2, 0) is 24.5 Å². The van der Waals surface area contributed by atoms with Crippen LogP contribution in [0, 0.1) is 6.92 Å². The molecule has 0 fully saturated rings. The van der Waals surface area contributed by atoms with Crippen molar-refractivity contribution < 1.29 is 19.1 Å². The standard InChI is InChI=1S/C17H24O4/c1-5-12-17(15(18)20-6-2,16(19)21-7-3)14-10-8-13(4)9-11-14/h8-11H,5-7,12H2,1-4H3. The van der Waals surface area contributed by atoms with Crippen molar-refractivity contribution in [3.05, 3.63) is 35.4 Å². The summed E-state index contributed by atoms with van der Waals surface area (Å²) in [6, 6.07) is 7.38. The third-order valence-corrected chi connectivity index (χ3v) is 3.42. The number of benzene rings is 1. The zero-order chi connectivity index (χ0) is 15.9. The lowest BCUT2D eigenvalue weighted by molar-refractivity contribution is -0.165. The fourth-order valence-electron chi connectivity index (χ4n) is 2.39. The summed E-state index contributed by atoms with van der Waals surface area (Å²) in [5, 5.41) is 0. The van der Waals surface area contributed by atoms with Gasteiger partial charge in [0, 0.05) is 0 Å². The number of ether oxygens (including phenoxy) is 2. The smallest absolute Gasteiger partial charge is 0.328 e. The van der Waals surface area contributed by atoms with Crippen LogP contribution in [0.15, 0.2) is 24.3 Å². The Balaban J connectivity index is 3.38. The lowest BCUT2D eigenvalue weighted by Crippen LogP contribution is -2.46. The highest BCUT2D eigenvalue weighted by atomic mass is 16.6. The maximum absolute atomic E-state index is 12.5. The minimum atomic E-state index is -1.37. The number of carbonyl (C=O) groups excluding carboxylic acids is 2. The second-order valence-electron chi connectivity index (χ2n) is 4.96. The van der Waals surface area contributed by atoms with Gasteiger partial charge in [0.2, 0.25) is 0 Å². The van der Waals surface area contributed by atoms with Gasteiger partial charge < -0.3 is 9.47 Å². The molecule has 0 aromatic heterocycles. The van der Waals surface area contributed by atoms with Crippen LogP contribution < -0.4 is 0 Å². The van der Waals surface area contributed by atoms with Gasteiger partial charge in [-0.05, 0) is 32.8 Å². The predicted molar refractivity (Wildman–Crippen MR) is 81.0 cm³/mol. The van der Waals surface area contributed by atoms with Crippen molar-refractivity contribution in [1.29, 1.82) is 0 Å². The van der Waals surface area contributed by atoms with Gasteiger partial charge in [0.05, 0.1) is 13.2 Å². The van der Waals surface area contributed by atoms with Crippen LogP contribution >= 0.6 is 0 Å². The molecule has 0 aliphatic rings. The molecule has 0 bridgehead atoms. The summed E-state index contributed by atoms with van der Waals surface area (Å²) in [6.07, 6.45) is 1.04. The molecular weight excluding hydrogens is 268 g/mol. The highest BCUT2D eigenvalue weighted by Gasteiger charge is 2.49. The van der Waals surface area contributed by atoms with E-state index in [2.05, 4.69) is 0 Å².